The van der Waals surface area contributed by atoms with Gasteiger partial charge in [0.15, 0.2) is 0 Å². The third-order valence-corrected chi connectivity index (χ3v) is 3.62. The molecule has 1 aliphatic heterocycles. The Balaban J connectivity index is 2.04. The predicted octanol–water partition coefficient (Wildman–Crippen LogP) is 2.75. The molecule has 1 fully saturated rings. The van der Waals surface area contributed by atoms with Crippen molar-refractivity contribution in [2.75, 3.05) is 24.6 Å². The largest absolute Gasteiger partial charge is 0.388 e. The molecular formula is C15H23NO2. The lowest BCUT2D eigenvalue weighted by molar-refractivity contribution is 0.0384. The van der Waals surface area contributed by atoms with Gasteiger partial charge in [-0.1, -0.05) is 26.0 Å². The number of hydrogen-bond donors (Lipinski definition) is 1. The Morgan fingerprint density at radius 2 is 2.06 bits per heavy atom. The molecule has 0 amide bonds. The predicted molar refractivity (Wildman–Crippen MR) is 73.9 cm³/mol. The van der Waals surface area contributed by atoms with Crippen LogP contribution in [0.3, 0.4) is 0 Å². The van der Waals surface area contributed by atoms with Gasteiger partial charge in [0.1, 0.15) is 0 Å². The summed E-state index contributed by atoms with van der Waals surface area (Å²) in [6.07, 6.45) is 1.82. The molecule has 0 aromatic heterocycles. The van der Waals surface area contributed by atoms with Crippen molar-refractivity contribution in [1.82, 2.24) is 0 Å². The fourth-order valence-electron chi connectivity index (χ4n) is 2.34. The molecule has 3 heteroatoms. The summed E-state index contributed by atoms with van der Waals surface area (Å²) in [5.41, 5.74) is 2.23. The van der Waals surface area contributed by atoms with E-state index in [2.05, 4.69) is 24.0 Å². The first-order valence-electron chi connectivity index (χ1n) is 6.89. The highest BCUT2D eigenvalue weighted by molar-refractivity contribution is 5.48. The van der Waals surface area contributed by atoms with Crippen LogP contribution in [0.25, 0.3) is 0 Å². The van der Waals surface area contributed by atoms with Gasteiger partial charge >= 0.3 is 0 Å². The molecule has 0 radical (unpaired) electrons. The lowest BCUT2D eigenvalue weighted by Gasteiger charge is -2.34. The van der Waals surface area contributed by atoms with E-state index >= 15 is 0 Å². The van der Waals surface area contributed by atoms with Gasteiger partial charge in [0, 0.05) is 18.8 Å². The number of benzene rings is 1. The molecule has 1 N–H and O–H groups in total. The number of aliphatic hydroxyl groups excluding tert-OH is 1. The Morgan fingerprint density at radius 3 is 2.67 bits per heavy atom. The average Bonchev–Trinajstić information content (AvgIpc) is 2.46. The minimum Gasteiger partial charge on any atom is -0.388 e. The molecule has 1 heterocycles. The third kappa shape index (κ3) is 3.03. The van der Waals surface area contributed by atoms with Gasteiger partial charge in [-0.3, -0.25) is 0 Å². The van der Waals surface area contributed by atoms with Crippen LogP contribution in [0.5, 0.6) is 0 Å². The van der Waals surface area contributed by atoms with Gasteiger partial charge in [-0.15, -0.1) is 0 Å². The van der Waals surface area contributed by atoms with E-state index in [-0.39, 0.29) is 6.10 Å². The average molecular weight is 249 g/mol. The van der Waals surface area contributed by atoms with E-state index in [9.17, 15) is 5.11 Å². The van der Waals surface area contributed by atoms with Crippen LogP contribution in [0.15, 0.2) is 24.3 Å². The minimum absolute atomic E-state index is 0.341. The first-order valence-corrected chi connectivity index (χ1v) is 6.89. The molecule has 0 spiro atoms. The number of aliphatic hydroxyl groups is 1. The molecule has 1 aromatic carbocycles. The van der Waals surface area contributed by atoms with Crippen molar-refractivity contribution in [2.45, 2.75) is 38.9 Å². The van der Waals surface area contributed by atoms with Gasteiger partial charge in [0.05, 0.1) is 18.8 Å². The van der Waals surface area contributed by atoms with Crippen molar-refractivity contribution in [3.63, 3.8) is 0 Å². The first kappa shape index (κ1) is 13.4. The maximum atomic E-state index is 9.78. The minimum atomic E-state index is -0.341. The van der Waals surface area contributed by atoms with E-state index < -0.39 is 0 Å². The van der Waals surface area contributed by atoms with Crippen molar-refractivity contribution in [3.8, 4) is 0 Å². The van der Waals surface area contributed by atoms with Crippen LogP contribution in [-0.4, -0.2) is 30.9 Å². The fraction of sp³-hybridized carbons (Fsp3) is 0.600. The van der Waals surface area contributed by atoms with E-state index in [1.165, 1.54) is 5.69 Å². The monoisotopic (exact) mass is 249 g/mol. The molecule has 3 nitrogen and oxygen atoms in total. The molecule has 2 unspecified atom stereocenters. The van der Waals surface area contributed by atoms with Crippen LogP contribution < -0.4 is 4.90 Å². The van der Waals surface area contributed by atoms with Crippen LogP contribution >= 0.6 is 0 Å². The topological polar surface area (TPSA) is 32.7 Å². The molecule has 1 aliphatic rings. The summed E-state index contributed by atoms with van der Waals surface area (Å²) in [6, 6.07) is 8.26. The smallest absolute Gasteiger partial charge is 0.0787 e. The lowest BCUT2D eigenvalue weighted by atomic mass is 10.1. The van der Waals surface area contributed by atoms with E-state index in [0.29, 0.717) is 6.10 Å². The maximum absolute atomic E-state index is 9.78. The number of hydrogen-bond acceptors (Lipinski definition) is 3. The van der Waals surface area contributed by atoms with Gasteiger partial charge < -0.3 is 14.7 Å². The Labute approximate surface area is 109 Å². The van der Waals surface area contributed by atoms with Gasteiger partial charge in [0.25, 0.3) is 0 Å². The molecule has 100 valence electrons. The number of rotatable bonds is 4. The highest BCUT2D eigenvalue weighted by atomic mass is 16.5. The second kappa shape index (κ2) is 6.21. The zero-order valence-corrected chi connectivity index (χ0v) is 11.3. The maximum Gasteiger partial charge on any atom is 0.0787 e. The Morgan fingerprint density at radius 1 is 1.33 bits per heavy atom. The number of morpholine rings is 1. The summed E-state index contributed by atoms with van der Waals surface area (Å²) in [6.45, 7) is 6.87. The highest BCUT2D eigenvalue weighted by Gasteiger charge is 2.19. The SMILES string of the molecule is CCC1CN(c2ccc(C(O)CC)cc2)CCO1. The van der Waals surface area contributed by atoms with E-state index in [1.807, 2.05) is 19.1 Å². The Kier molecular flexibility index (Phi) is 4.61. The van der Waals surface area contributed by atoms with E-state index in [1.54, 1.807) is 0 Å². The molecule has 18 heavy (non-hydrogen) atoms. The van der Waals surface area contributed by atoms with Crippen LogP contribution in [0, 0.1) is 0 Å². The van der Waals surface area contributed by atoms with Gasteiger partial charge in [-0.2, -0.15) is 0 Å². The van der Waals surface area contributed by atoms with Crippen molar-refractivity contribution in [3.05, 3.63) is 29.8 Å². The summed E-state index contributed by atoms with van der Waals surface area (Å²) in [5, 5.41) is 9.78. The first-order chi connectivity index (χ1) is 8.74. The quantitative estimate of drug-likeness (QED) is 0.890. The number of ether oxygens (including phenoxy) is 1. The van der Waals surface area contributed by atoms with E-state index in [0.717, 1.165) is 38.1 Å². The zero-order chi connectivity index (χ0) is 13.0. The summed E-state index contributed by atoms with van der Waals surface area (Å²) in [4.78, 5) is 2.36. The molecular weight excluding hydrogens is 226 g/mol. The van der Waals surface area contributed by atoms with Crippen LogP contribution in [0.1, 0.15) is 38.4 Å². The lowest BCUT2D eigenvalue weighted by Crippen LogP contribution is -2.42. The number of anilines is 1. The second-order valence-electron chi connectivity index (χ2n) is 4.86. The van der Waals surface area contributed by atoms with Crippen LogP contribution in [0.2, 0.25) is 0 Å². The second-order valence-corrected chi connectivity index (χ2v) is 4.86. The standard InChI is InChI=1S/C15H23NO2/c1-3-14-11-16(9-10-18-14)13-7-5-12(6-8-13)15(17)4-2/h5-8,14-15,17H,3-4,9-11H2,1-2H3. The van der Waals surface area contributed by atoms with Crippen molar-refractivity contribution < 1.29 is 9.84 Å². The molecule has 0 saturated carbocycles. The molecule has 0 bridgehead atoms. The Hall–Kier alpha value is -1.06. The van der Waals surface area contributed by atoms with Crippen LogP contribution in [0.4, 0.5) is 5.69 Å². The zero-order valence-electron chi connectivity index (χ0n) is 11.3. The van der Waals surface area contributed by atoms with Gasteiger partial charge in [-0.25, -0.2) is 0 Å². The molecule has 1 aromatic rings. The van der Waals surface area contributed by atoms with Crippen LogP contribution in [-0.2, 0) is 4.74 Å². The van der Waals surface area contributed by atoms with Gasteiger partial charge in [-0.05, 0) is 30.5 Å². The van der Waals surface area contributed by atoms with Gasteiger partial charge in [0.2, 0.25) is 0 Å². The fourth-order valence-corrected chi connectivity index (χ4v) is 2.34. The molecule has 2 atom stereocenters. The molecule has 1 saturated heterocycles. The normalized spacial score (nSPS) is 21.9. The summed E-state index contributed by atoms with van der Waals surface area (Å²) in [5.74, 6) is 0. The van der Waals surface area contributed by atoms with Crippen molar-refractivity contribution in [2.24, 2.45) is 0 Å². The summed E-state index contributed by atoms with van der Waals surface area (Å²) >= 11 is 0. The molecule has 2 rings (SSSR count). The van der Waals surface area contributed by atoms with Crippen molar-refractivity contribution >= 4 is 5.69 Å². The summed E-state index contributed by atoms with van der Waals surface area (Å²) in [7, 11) is 0. The highest BCUT2D eigenvalue weighted by Crippen LogP contribution is 2.23. The Bertz CT molecular complexity index is 363. The van der Waals surface area contributed by atoms with E-state index in [4.69, 9.17) is 4.74 Å². The molecule has 0 aliphatic carbocycles. The summed E-state index contributed by atoms with van der Waals surface area (Å²) < 4.78 is 5.68. The number of nitrogens with zero attached hydrogens (tertiary/aromatic N) is 1. The third-order valence-electron chi connectivity index (χ3n) is 3.62. The van der Waals surface area contributed by atoms with Crippen molar-refractivity contribution in [1.29, 1.82) is 0 Å².